The summed E-state index contributed by atoms with van der Waals surface area (Å²) in [5, 5.41) is 8.62. The highest BCUT2D eigenvalue weighted by atomic mass is 19.4. The first-order chi connectivity index (χ1) is 11.0. The van der Waals surface area contributed by atoms with Crippen molar-refractivity contribution in [3.05, 3.63) is 45.2 Å². The number of hydrogen-bond donors (Lipinski definition) is 2. The lowest BCUT2D eigenvalue weighted by Crippen LogP contribution is -2.24. The Morgan fingerprint density at radius 3 is 2.38 bits per heavy atom. The van der Waals surface area contributed by atoms with Gasteiger partial charge in [0.25, 0.3) is 5.56 Å². The number of carbonyl (C=O) groups is 1. The number of benzene rings is 1. The number of aromatic amines is 1. The molecule has 4 nitrogen and oxygen atoms in total. The van der Waals surface area contributed by atoms with E-state index < -0.39 is 35.3 Å². The molecule has 1 aromatic heterocycles. The SMILES string of the molecule is CCC(C)(C)c1ccc2c(C(F)(F)F)c(CC(=O)O)c(=O)[nH]c2c1. The summed E-state index contributed by atoms with van der Waals surface area (Å²) in [6.07, 6.45) is -5.03. The molecule has 0 radical (unpaired) electrons. The summed E-state index contributed by atoms with van der Waals surface area (Å²) in [4.78, 5) is 25.3. The molecule has 7 heteroatoms. The van der Waals surface area contributed by atoms with Crippen molar-refractivity contribution < 1.29 is 23.1 Å². The number of aromatic nitrogens is 1. The van der Waals surface area contributed by atoms with Crippen molar-refractivity contribution >= 4 is 16.9 Å². The van der Waals surface area contributed by atoms with Gasteiger partial charge in [0.1, 0.15) is 0 Å². The first kappa shape index (κ1) is 18.0. The predicted octanol–water partition coefficient (Wildman–Crippen LogP) is 3.86. The van der Waals surface area contributed by atoms with Crippen molar-refractivity contribution in [2.75, 3.05) is 0 Å². The zero-order chi connectivity index (χ0) is 18.3. The van der Waals surface area contributed by atoms with Crippen LogP contribution in [0.4, 0.5) is 13.2 Å². The molecule has 0 saturated carbocycles. The second kappa shape index (κ2) is 5.96. The number of pyridine rings is 1. The molecule has 1 aromatic carbocycles. The fourth-order valence-corrected chi connectivity index (χ4v) is 2.61. The van der Waals surface area contributed by atoms with Crippen molar-refractivity contribution in [1.29, 1.82) is 0 Å². The summed E-state index contributed by atoms with van der Waals surface area (Å²) in [6, 6.07) is 4.41. The zero-order valence-electron chi connectivity index (χ0n) is 13.5. The lowest BCUT2D eigenvalue weighted by Gasteiger charge is -2.24. The van der Waals surface area contributed by atoms with Crippen molar-refractivity contribution in [3.63, 3.8) is 0 Å². The number of H-pyrrole nitrogens is 1. The number of rotatable bonds is 4. The molecule has 130 valence electrons. The molecule has 2 aromatic rings. The Bertz CT molecular complexity index is 851. The molecule has 2 N–H and O–H groups in total. The number of carboxylic acid groups (broad SMARTS) is 1. The number of aliphatic carboxylic acids is 1. The van der Waals surface area contributed by atoms with Gasteiger partial charge in [-0.15, -0.1) is 0 Å². The smallest absolute Gasteiger partial charge is 0.417 e. The second-order valence-corrected chi connectivity index (χ2v) is 6.37. The Labute approximate surface area is 136 Å². The van der Waals surface area contributed by atoms with Crippen LogP contribution >= 0.6 is 0 Å². The number of hydrogen-bond acceptors (Lipinski definition) is 2. The Hall–Kier alpha value is -2.31. The molecule has 0 spiro atoms. The molecule has 0 amide bonds. The number of alkyl halides is 3. The van der Waals surface area contributed by atoms with Crippen LogP contribution in [0.1, 0.15) is 43.9 Å². The van der Waals surface area contributed by atoms with E-state index in [1.807, 2.05) is 20.8 Å². The average Bonchev–Trinajstić information content (AvgIpc) is 2.45. The van der Waals surface area contributed by atoms with E-state index in [1.54, 1.807) is 6.07 Å². The Morgan fingerprint density at radius 1 is 1.25 bits per heavy atom. The molecule has 0 unspecified atom stereocenters. The van der Waals surface area contributed by atoms with Crippen LogP contribution in [-0.2, 0) is 22.8 Å². The van der Waals surface area contributed by atoms with E-state index in [0.717, 1.165) is 12.0 Å². The van der Waals surface area contributed by atoms with Gasteiger partial charge in [-0.2, -0.15) is 13.2 Å². The van der Waals surface area contributed by atoms with Crippen molar-refractivity contribution in [1.82, 2.24) is 4.98 Å². The van der Waals surface area contributed by atoms with Crippen LogP contribution in [0, 0.1) is 0 Å². The van der Waals surface area contributed by atoms with Gasteiger partial charge in [-0.3, -0.25) is 9.59 Å². The van der Waals surface area contributed by atoms with Gasteiger partial charge in [-0.1, -0.05) is 32.9 Å². The third-order valence-corrected chi connectivity index (χ3v) is 4.39. The predicted molar refractivity (Wildman–Crippen MR) is 84.2 cm³/mol. The van der Waals surface area contributed by atoms with Gasteiger partial charge < -0.3 is 10.1 Å². The van der Waals surface area contributed by atoms with Crippen LogP contribution in [0.25, 0.3) is 10.9 Å². The van der Waals surface area contributed by atoms with E-state index in [1.165, 1.54) is 12.1 Å². The van der Waals surface area contributed by atoms with Gasteiger partial charge in [0.15, 0.2) is 0 Å². The van der Waals surface area contributed by atoms with Gasteiger partial charge in [-0.25, -0.2) is 0 Å². The zero-order valence-corrected chi connectivity index (χ0v) is 13.5. The topological polar surface area (TPSA) is 70.2 Å². The number of fused-ring (bicyclic) bond motifs is 1. The summed E-state index contributed by atoms with van der Waals surface area (Å²) in [7, 11) is 0. The largest absolute Gasteiger partial charge is 0.481 e. The first-order valence-electron chi connectivity index (χ1n) is 7.45. The normalized spacial score (nSPS) is 12.6. The fourth-order valence-electron chi connectivity index (χ4n) is 2.61. The molecule has 0 fully saturated rings. The molecular formula is C17H18F3NO3. The Morgan fingerprint density at radius 2 is 1.88 bits per heavy atom. The van der Waals surface area contributed by atoms with E-state index in [-0.39, 0.29) is 16.3 Å². The van der Waals surface area contributed by atoms with Crippen LogP contribution in [0.3, 0.4) is 0 Å². The molecule has 24 heavy (non-hydrogen) atoms. The van der Waals surface area contributed by atoms with Gasteiger partial charge in [0.05, 0.1) is 12.0 Å². The van der Waals surface area contributed by atoms with Gasteiger partial charge in [-0.05, 0) is 23.5 Å². The molecule has 0 bridgehead atoms. The summed E-state index contributed by atoms with van der Waals surface area (Å²) in [5.74, 6) is -1.49. The minimum atomic E-state index is -4.82. The van der Waals surface area contributed by atoms with E-state index >= 15 is 0 Å². The number of nitrogens with one attached hydrogen (secondary N) is 1. The quantitative estimate of drug-likeness (QED) is 0.887. The number of carboxylic acids is 1. The average molecular weight is 341 g/mol. The number of halogens is 3. The Balaban J connectivity index is 2.85. The maximum absolute atomic E-state index is 13.5. The standard InChI is InChI=1S/C17H18F3NO3/c1-4-16(2,3)9-5-6-10-12(7-9)21-15(24)11(8-13(22)23)14(10)17(18,19)20/h5-7H,4,8H2,1-3H3,(H,21,24)(H,22,23). The van der Waals surface area contributed by atoms with Crippen LogP contribution in [0.2, 0.25) is 0 Å². The van der Waals surface area contributed by atoms with Crippen LogP contribution in [0.15, 0.2) is 23.0 Å². The second-order valence-electron chi connectivity index (χ2n) is 6.37. The molecule has 0 saturated heterocycles. The summed E-state index contributed by atoms with van der Waals surface area (Å²) in [5.41, 5.74) is -2.38. The molecule has 2 rings (SSSR count). The van der Waals surface area contributed by atoms with Crippen molar-refractivity contribution in [2.24, 2.45) is 0 Å². The van der Waals surface area contributed by atoms with Crippen LogP contribution in [-0.4, -0.2) is 16.1 Å². The maximum atomic E-state index is 13.5. The highest BCUT2D eigenvalue weighted by molar-refractivity contribution is 5.86. The summed E-state index contributed by atoms with van der Waals surface area (Å²) >= 11 is 0. The highest BCUT2D eigenvalue weighted by Gasteiger charge is 2.37. The Kier molecular flexibility index (Phi) is 4.48. The van der Waals surface area contributed by atoms with E-state index in [9.17, 15) is 22.8 Å². The molecule has 0 aliphatic heterocycles. The van der Waals surface area contributed by atoms with Crippen molar-refractivity contribution in [3.8, 4) is 0 Å². The monoisotopic (exact) mass is 341 g/mol. The fraction of sp³-hybridized carbons (Fsp3) is 0.412. The van der Waals surface area contributed by atoms with Crippen molar-refractivity contribution in [2.45, 2.75) is 45.2 Å². The van der Waals surface area contributed by atoms with Gasteiger partial charge >= 0.3 is 12.1 Å². The third kappa shape index (κ3) is 3.29. The highest BCUT2D eigenvalue weighted by Crippen LogP contribution is 2.37. The molecule has 0 aliphatic rings. The minimum Gasteiger partial charge on any atom is -0.481 e. The molecule has 0 atom stereocenters. The molecular weight excluding hydrogens is 323 g/mol. The summed E-state index contributed by atoms with van der Waals surface area (Å²) in [6.45, 7) is 5.87. The molecule has 0 aliphatic carbocycles. The van der Waals surface area contributed by atoms with E-state index in [2.05, 4.69) is 4.98 Å². The minimum absolute atomic E-state index is 0.0560. The molecule has 1 heterocycles. The van der Waals surface area contributed by atoms with Crippen LogP contribution < -0.4 is 5.56 Å². The van der Waals surface area contributed by atoms with Crippen LogP contribution in [0.5, 0.6) is 0 Å². The van der Waals surface area contributed by atoms with E-state index in [4.69, 9.17) is 5.11 Å². The third-order valence-electron chi connectivity index (χ3n) is 4.39. The lowest BCUT2D eigenvalue weighted by atomic mass is 9.81. The summed E-state index contributed by atoms with van der Waals surface area (Å²) < 4.78 is 40.4. The maximum Gasteiger partial charge on any atom is 0.417 e. The van der Waals surface area contributed by atoms with Gasteiger partial charge in [0, 0.05) is 16.5 Å². The van der Waals surface area contributed by atoms with Gasteiger partial charge in [0.2, 0.25) is 0 Å². The van der Waals surface area contributed by atoms with E-state index in [0.29, 0.717) is 0 Å². The first-order valence-corrected chi connectivity index (χ1v) is 7.45. The lowest BCUT2D eigenvalue weighted by molar-refractivity contribution is -0.138.